The minimum absolute atomic E-state index is 0.0631. The lowest BCUT2D eigenvalue weighted by Gasteiger charge is -2.12. The van der Waals surface area contributed by atoms with Gasteiger partial charge in [-0.25, -0.2) is 15.0 Å². The highest BCUT2D eigenvalue weighted by atomic mass is 35.5. The number of ketones is 1. The standard InChI is InChI=1S/C23H12ClN3O2S/c1-29-12-8-6-11(7-9-12)15-16-13-4-2-3-5-14(13)20(28)18(16)27-23-17(15)19-21(30-23)22(24)26-10-25-19/h2-10H,1H3. The van der Waals surface area contributed by atoms with E-state index in [-0.39, 0.29) is 5.78 Å². The van der Waals surface area contributed by atoms with Crippen molar-refractivity contribution >= 4 is 49.2 Å². The maximum Gasteiger partial charge on any atom is 0.212 e. The fourth-order valence-electron chi connectivity index (χ4n) is 4.07. The molecule has 0 bridgehead atoms. The van der Waals surface area contributed by atoms with Gasteiger partial charge in [-0.15, -0.1) is 11.3 Å². The Labute approximate surface area is 180 Å². The van der Waals surface area contributed by atoms with E-state index in [1.165, 1.54) is 17.7 Å². The molecule has 7 heteroatoms. The Morgan fingerprint density at radius 2 is 1.73 bits per heavy atom. The molecule has 0 spiro atoms. The Morgan fingerprint density at radius 1 is 0.967 bits per heavy atom. The van der Waals surface area contributed by atoms with Crippen LogP contribution >= 0.6 is 22.9 Å². The van der Waals surface area contributed by atoms with Crippen LogP contribution in [0.1, 0.15) is 16.1 Å². The third-order valence-corrected chi connectivity index (χ3v) is 6.87. The van der Waals surface area contributed by atoms with Crippen molar-refractivity contribution in [1.82, 2.24) is 15.0 Å². The van der Waals surface area contributed by atoms with Gasteiger partial charge in [0.25, 0.3) is 0 Å². The number of hydrogen-bond acceptors (Lipinski definition) is 6. The number of thiophene rings is 1. The van der Waals surface area contributed by atoms with Gasteiger partial charge in [0.15, 0.2) is 0 Å². The van der Waals surface area contributed by atoms with Crippen molar-refractivity contribution < 1.29 is 9.53 Å². The molecule has 0 amide bonds. The van der Waals surface area contributed by atoms with Gasteiger partial charge in [0.05, 0.1) is 17.3 Å². The van der Waals surface area contributed by atoms with Gasteiger partial charge < -0.3 is 4.74 Å². The van der Waals surface area contributed by atoms with Crippen LogP contribution in [0.5, 0.6) is 5.75 Å². The van der Waals surface area contributed by atoms with Crippen LogP contribution < -0.4 is 4.74 Å². The largest absolute Gasteiger partial charge is 0.497 e. The van der Waals surface area contributed by atoms with E-state index in [4.69, 9.17) is 21.3 Å². The molecule has 1 aliphatic rings. The van der Waals surface area contributed by atoms with Gasteiger partial charge in [0, 0.05) is 22.1 Å². The summed E-state index contributed by atoms with van der Waals surface area (Å²) in [7, 11) is 1.64. The van der Waals surface area contributed by atoms with Gasteiger partial charge in [-0.3, -0.25) is 4.79 Å². The number of pyridine rings is 1. The van der Waals surface area contributed by atoms with Crippen molar-refractivity contribution in [2.45, 2.75) is 0 Å². The molecule has 0 saturated heterocycles. The average Bonchev–Trinajstić information content (AvgIpc) is 3.30. The summed E-state index contributed by atoms with van der Waals surface area (Å²) in [4.78, 5) is 27.3. The average molecular weight is 430 g/mol. The summed E-state index contributed by atoms with van der Waals surface area (Å²) >= 11 is 7.76. The Bertz CT molecular complexity index is 1510. The van der Waals surface area contributed by atoms with Crippen LogP contribution in [0.15, 0.2) is 54.9 Å². The first kappa shape index (κ1) is 17.5. The Morgan fingerprint density at radius 3 is 2.50 bits per heavy atom. The van der Waals surface area contributed by atoms with Crippen molar-refractivity contribution in [3.05, 3.63) is 71.3 Å². The second-order valence-electron chi connectivity index (χ2n) is 6.94. The van der Waals surface area contributed by atoms with Crippen molar-refractivity contribution in [3.63, 3.8) is 0 Å². The first-order chi connectivity index (χ1) is 14.7. The molecule has 0 atom stereocenters. The van der Waals surface area contributed by atoms with E-state index in [0.29, 0.717) is 16.4 Å². The molecule has 0 N–H and O–H groups in total. The summed E-state index contributed by atoms with van der Waals surface area (Å²) in [5.74, 6) is 0.699. The highest BCUT2D eigenvalue weighted by Crippen LogP contribution is 2.49. The molecule has 0 unspecified atom stereocenters. The molecule has 3 heterocycles. The number of nitrogens with zero attached hydrogens (tertiary/aromatic N) is 3. The van der Waals surface area contributed by atoms with E-state index in [1.807, 2.05) is 48.5 Å². The number of fused-ring (bicyclic) bond motifs is 6. The van der Waals surface area contributed by atoms with Gasteiger partial charge in [-0.1, -0.05) is 48.0 Å². The third-order valence-electron chi connectivity index (χ3n) is 5.39. The second kappa shape index (κ2) is 6.32. The van der Waals surface area contributed by atoms with E-state index >= 15 is 0 Å². The number of hydrogen-bond donors (Lipinski definition) is 0. The summed E-state index contributed by atoms with van der Waals surface area (Å²) in [6.07, 6.45) is 1.46. The highest BCUT2D eigenvalue weighted by molar-refractivity contribution is 7.26. The number of halogens is 1. The number of carbonyl (C=O) groups excluding carboxylic acids is 1. The van der Waals surface area contributed by atoms with Gasteiger partial charge in [0.2, 0.25) is 5.78 Å². The molecular weight excluding hydrogens is 418 g/mol. The Hall–Kier alpha value is -3.35. The monoisotopic (exact) mass is 429 g/mol. The zero-order valence-corrected chi connectivity index (χ0v) is 17.2. The normalized spacial score (nSPS) is 12.4. The number of aromatic nitrogens is 3. The summed E-state index contributed by atoms with van der Waals surface area (Å²) in [6, 6.07) is 15.4. The molecule has 0 radical (unpaired) electrons. The zero-order valence-electron chi connectivity index (χ0n) is 15.6. The molecule has 5 aromatic rings. The molecule has 3 aromatic heterocycles. The van der Waals surface area contributed by atoms with Crippen molar-refractivity contribution in [2.24, 2.45) is 0 Å². The van der Waals surface area contributed by atoms with Crippen LogP contribution in [-0.4, -0.2) is 27.8 Å². The fourth-order valence-corrected chi connectivity index (χ4v) is 5.34. The lowest BCUT2D eigenvalue weighted by molar-refractivity contribution is 0.103. The number of methoxy groups -OCH3 is 1. The van der Waals surface area contributed by atoms with Crippen LogP contribution in [0.3, 0.4) is 0 Å². The molecule has 144 valence electrons. The third kappa shape index (κ3) is 2.29. The lowest BCUT2D eigenvalue weighted by Crippen LogP contribution is -1.99. The summed E-state index contributed by atoms with van der Waals surface area (Å²) in [5, 5.41) is 1.27. The van der Waals surface area contributed by atoms with Crippen LogP contribution in [-0.2, 0) is 0 Å². The van der Waals surface area contributed by atoms with Crippen LogP contribution in [0, 0.1) is 0 Å². The molecule has 0 fully saturated rings. The van der Waals surface area contributed by atoms with E-state index in [1.54, 1.807) is 7.11 Å². The summed E-state index contributed by atoms with van der Waals surface area (Å²) < 4.78 is 6.09. The quantitative estimate of drug-likeness (QED) is 0.326. The maximum absolute atomic E-state index is 13.2. The molecule has 6 rings (SSSR count). The van der Waals surface area contributed by atoms with E-state index < -0.39 is 0 Å². The molecule has 30 heavy (non-hydrogen) atoms. The van der Waals surface area contributed by atoms with E-state index in [0.717, 1.165) is 48.4 Å². The Kier molecular flexibility index (Phi) is 3.69. The first-order valence-corrected chi connectivity index (χ1v) is 10.4. The first-order valence-electron chi connectivity index (χ1n) is 9.22. The number of ether oxygens (including phenoxy) is 1. The van der Waals surface area contributed by atoms with Crippen LogP contribution in [0.4, 0.5) is 0 Å². The summed E-state index contributed by atoms with van der Waals surface area (Å²) in [6.45, 7) is 0. The van der Waals surface area contributed by atoms with Gasteiger partial charge in [-0.05, 0) is 23.3 Å². The SMILES string of the molecule is COc1ccc(-c2c3c(nc4sc5c(Cl)ncnc5c24)C(=O)c2ccccc2-3)cc1. The van der Waals surface area contributed by atoms with E-state index in [2.05, 4.69) is 9.97 Å². The molecular formula is C23H12ClN3O2S. The predicted octanol–water partition coefficient (Wildman–Crippen LogP) is 5.78. The van der Waals surface area contributed by atoms with Crippen LogP contribution in [0.25, 0.3) is 42.7 Å². The minimum atomic E-state index is -0.0631. The van der Waals surface area contributed by atoms with E-state index in [9.17, 15) is 4.79 Å². The molecule has 0 aliphatic heterocycles. The number of carbonyl (C=O) groups is 1. The van der Waals surface area contributed by atoms with Crippen molar-refractivity contribution in [2.75, 3.05) is 7.11 Å². The molecule has 2 aromatic carbocycles. The van der Waals surface area contributed by atoms with Gasteiger partial charge >= 0.3 is 0 Å². The summed E-state index contributed by atoms with van der Waals surface area (Å²) in [5.41, 5.74) is 5.48. The van der Waals surface area contributed by atoms with Crippen LogP contribution in [0.2, 0.25) is 5.15 Å². The van der Waals surface area contributed by atoms with Crippen molar-refractivity contribution in [1.29, 1.82) is 0 Å². The lowest BCUT2D eigenvalue weighted by atomic mass is 9.93. The maximum atomic E-state index is 13.2. The Balaban J connectivity index is 1.82. The topological polar surface area (TPSA) is 65.0 Å². The zero-order chi connectivity index (χ0) is 20.4. The minimum Gasteiger partial charge on any atom is -0.497 e. The predicted molar refractivity (Wildman–Crippen MR) is 119 cm³/mol. The fraction of sp³-hybridized carbons (Fsp3) is 0.0435. The van der Waals surface area contributed by atoms with Crippen molar-refractivity contribution in [3.8, 4) is 28.0 Å². The van der Waals surface area contributed by atoms with Gasteiger partial charge in [-0.2, -0.15) is 0 Å². The molecule has 1 aliphatic carbocycles. The molecule has 5 nitrogen and oxygen atoms in total. The smallest absolute Gasteiger partial charge is 0.212 e. The van der Waals surface area contributed by atoms with Gasteiger partial charge in [0.1, 0.15) is 27.8 Å². The molecule has 0 saturated carbocycles. The number of rotatable bonds is 2. The second-order valence-corrected chi connectivity index (χ2v) is 8.30. The number of benzene rings is 2. The highest BCUT2D eigenvalue weighted by Gasteiger charge is 2.33.